The van der Waals surface area contributed by atoms with Gasteiger partial charge in [0, 0.05) is 11.9 Å². The summed E-state index contributed by atoms with van der Waals surface area (Å²) in [6.45, 7) is 11.8. The van der Waals surface area contributed by atoms with Crippen molar-refractivity contribution in [1.82, 2.24) is 4.57 Å². The van der Waals surface area contributed by atoms with E-state index in [0.717, 1.165) is 5.56 Å². The molecule has 0 saturated carbocycles. The van der Waals surface area contributed by atoms with Crippen LogP contribution >= 0.6 is 23.2 Å². The second-order valence-corrected chi connectivity index (χ2v) is 11.0. The number of halogens is 2. The molecule has 0 N–H and O–H groups in total. The topological polar surface area (TPSA) is 57.5 Å². The third-order valence-corrected chi connectivity index (χ3v) is 5.44. The molecule has 0 radical (unpaired) electrons. The minimum absolute atomic E-state index is 0.0617. The molecule has 0 amide bonds. The zero-order chi connectivity index (χ0) is 24.6. The van der Waals surface area contributed by atoms with Gasteiger partial charge in [0.2, 0.25) is 0 Å². The van der Waals surface area contributed by atoms with Gasteiger partial charge in [0.05, 0.1) is 15.4 Å². The molecular weight excluding hydrogens is 461 g/mol. The van der Waals surface area contributed by atoms with Crippen LogP contribution in [0.15, 0.2) is 47.3 Å². The van der Waals surface area contributed by atoms with E-state index in [1.165, 1.54) is 10.6 Å². The summed E-state index contributed by atoms with van der Waals surface area (Å²) in [6, 6.07) is 12.7. The molecule has 7 heteroatoms. The molecule has 176 valence electrons. The smallest absolute Gasteiger partial charge is 0.359 e. The highest BCUT2D eigenvalue weighted by atomic mass is 35.5. The zero-order valence-electron chi connectivity index (χ0n) is 19.8. The molecule has 0 bridgehead atoms. The van der Waals surface area contributed by atoms with E-state index in [1.54, 1.807) is 26.8 Å². The summed E-state index contributed by atoms with van der Waals surface area (Å²) in [5, 5.41) is 1.25. The van der Waals surface area contributed by atoms with E-state index in [0.29, 0.717) is 10.8 Å². The van der Waals surface area contributed by atoms with Crippen molar-refractivity contribution in [1.29, 1.82) is 0 Å². The van der Waals surface area contributed by atoms with Crippen LogP contribution in [0, 0.1) is 5.41 Å². The lowest BCUT2D eigenvalue weighted by molar-refractivity contribution is 0.00497. The number of aromatic nitrogens is 1. The molecule has 0 aliphatic rings. The number of ether oxygens (including phenoxy) is 2. The van der Waals surface area contributed by atoms with Gasteiger partial charge in [-0.2, -0.15) is 0 Å². The minimum Gasteiger partial charge on any atom is -0.486 e. The zero-order valence-corrected chi connectivity index (χ0v) is 21.3. The average molecular weight is 490 g/mol. The van der Waals surface area contributed by atoms with Gasteiger partial charge in [0.1, 0.15) is 12.2 Å². The van der Waals surface area contributed by atoms with E-state index in [2.05, 4.69) is 0 Å². The SMILES string of the molecule is CC(C)(C)Cn1c(C(=O)OC(C)(C)C)c(OCc2ccccc2)c2cc(Cl)c(Cl)cc2c1=O. The van der Waals surface area contributed by atoms with Crippen LogP contribution in [0.25, 0.3) is 10.8 Å². The fourth-order valence-corrected chi connectivity index (χ4v) is 3.77. The van der Waals surface area contributed by atoms with E-state index in [-0.39, 0.29) is 45.6 Å². The van der Waals surface area contributed by atoms with Crippen LogP contribution in [0.4, 0.5) is 0 Å². The molecule has 0 fully saturated rings. The summed E-state index contributed by atoms with van der Waals surface area (Å²) in [5.74, 6) is -0.398. The first kappa shape index (κ1) is 25.1. The maximum Gasteiger partial charge on any atom is 0.359 e. The molecule has 0 aliphatic heterocycles. The Hall–Kier alpha value is -2.50. The Bertz CT molecular complexity index is 1240. The van der Waals surface area contributed by atoms with Crippen molar-refractivity contribution in [2.75, 3.05) is 0 Å². The second kappa shape index (κ2) is 9.40. The van der Waals surface area contributed by atoms with Crippen LogP contribution in [-0.2, 0) is 17.9 Å². The van der Waals surface area contributed by atoms with E-state index in [4.69, 9.17) is 32.7 Å². The lowest BCUT2D eigenvalue weighted by atomic mass is 9.96. The lowest BCUT2D eigenvalue weighted by Crippen LogP contribution is -2.34. The third kappa shape index (κ3) is 6.10. The highest BCUT2D eigenvalue weighted by molar-refractivity contribution is 6.42. The Kier molecular flexibility index (Phi) is 7.15. The molecule has 0 spiro atoms. The number of rotatable bonds is 5. The van der Waals surface area contributed by atoms with Crippen molar-refractivity contribution in [3.05, 3.63) is 74.1 Å². The van der Waals surface area contributed by atoms with Gasteiger partial charge in [-0.25, -0.2) is 4.79 Å². The van der Waals surface area contributed by atoms with E-state index in [1.807, 2.05) is 51.1 Å². The molecule has 33 heavy (non-hydrogen) atoms. The first-order chi connectivity index (χ1) is 15.3. The van der Waals surface area contributed by atoms with Gasteiger partial charge in [-0.3, -0.25) is 9.36 Å². The number of hydrogen-bond acceptors (Lipinski definition) is 4. The Balaban J connectivity index is 2.34. The summed E-state index contributed by atoms with van der Waals surface area (Å²) in [6.07, 6.45) is 0. The van der Waals surface area contributed by atoms with Crippen molar-refractivity contribution in [3.8, 4) is 5.75 Å². The molecule has 3 rings (SSSR count). The predicted molar refractivity (Wildman–Crippen MR) is 134 cm³/mol. The van der Waals surface area contributed by atoms with Gasteiger partial charge in [0.25, 0.3) is 5.56 Å². The number of esters is 1. The highest BCUT2D eigenvalue weighted by Crippen LogP contribution is 2.36. The van der Waals surface area contributed by atoms with Gasteiger partial charge in [0.15, 0.2) is 11.4 Å². The Labute approximate surface area is 204 Å². The number of carbonyl (C=O) groups excluding carboxylic acids is 1. The van der Waals surface area contributed by atoms with E-state index in [9.17, 15) is 9.59 Å². The summed E-state index contributed by atoms with van der Waals surface area (Å²) in [7, 11) is 0. The molecule has 2 aromatic carbocycles. The standard InChI is InChI=1S/C26H29Cl2NO4/c1-25(2,3)15-29-21(24(31)33-26(4,5)6)22(32-14-16-10-8-7-9-11-16)17-12-19(27)20(28)13-18(17)23(29)30/h7-13H,14-15H2,1-6H3. The van der Waals surface area contributed by atoms with Crippen LogP contribution in [0.2, 0.25) is 10.0 Å². The Morgan fingerprint density at radius 3 is 2.06 bits per heavy atom. The van der Waals surface area contributed by atoms with Gasteiger partial charge < -0.3 is 9.47 Å². The predicted octanol–water partition coefficient (Wildman–Crippen LogP) is 6.89. The first-order valence-corrected chi connectivity index (χ1v) is 11.5. The summed E-state index contributed by atoms with van der Waals surface area (Å²) in [4.78, 5) is 27.0. The van der Waals surface area contributed by atoms with E-state index < -0.39 is 11.6 Å². The van der Waals surface area contributed by atoms with Crippen LogP contribution < -0.4 is 10.3 Å². The molecule has 5 nitrogen and oxygen atoms in total. The number of nitrogens with zero attached hydrogens (tertiary/aromatic N) is 1. The fraction of sp³-hybridized carbons (Fsp3) is 0.385. The maximum absolute atomic E-state index is 13.6. The third-order valence-electron chi connectivity index (χ3n) is 4.72. The molecule has 1 aromatic heterocycles. The summed E-state index contributed by atoms with van der Waals surface area (Å²) >= 11 is 12.5. The Morgan fingerprint density at radius 2 is 1.52 bits per heavy atom. The van der Waals surface area contributed by atoms with Crippen molar-refractivity contribution in [3.63, 3.8) is 0 Å². The van der Waals surface area contributed by atoms with Crippen LogP contribution in [0.1, 0.15) is 57.6 Å². The minimum atomic E-state index is -0.761. The number of fused-ring (bicyclic) bond motifs is 1. The van der Waals surface area contributed by atoms with Crippen molar-refractivity contribution < 1.29 is 14.3 Å². The Morgan fingerprint density at radius 1 is 0.939 bits per heavy atom. The monoisotopic (exact) mass is 489 g/mol. The molecule has 3 aromatic rings. The van der Waals surface area contributed by atoms with Crippen LogP contribution in [-0.4, -0.2) is 16.1 Å². The summed E-state index contributed by atoms with van der Waals surface area (Å²) < 4.78 is 13.3. The number of hydrogen-bond donors (Lipinski definition) is 0. The normalized spacial score (nSPS) is 12.1. The molecular formula is C26H29Cl2NO4. The number of carbonyl (C=O) groups is 1. The van der Waals surface area contributed by atoms with Crippen molar-refractivity contribution >= 4 is 39.9 Å². The van der Waals surface area contributed by atoms with Gasteiger partial charge in [-0.15, -0.1) is 0 Å². The maximum atomic E-state index is 13.6. The fourth-order valence-electron chi connectivity index (χ4n) is 3.44. The molecule has 0 unspecified atom stereocenters. The summed E-state index contributed by atoms with van der Waals surface area (Å²) in [5.41, 5.74) is -0.447. The van der Waals surface area contributed by atoms with Gasteiger partial charge >= 0.3 is 5.97 Å². The van der Waals surface area contributed by atoms with E-state index >= 15 is 0 Å². The van der Waals surface area contributed by atoms with Crippen molar-refractivity contribution in [2.24, 2.45) is 5.41 Å². The number of benzene rings is 2. The quantitative estimate of drug-likeness (QED) is 0.366. The van der Waals surface area contributed by atoms with Gasteiger partial charge in [-0.05, 0) is 43.9 Å². The van der Waals surface area contributed by atoms with Crippen LogP contribution in [0.3, 0.4) is 0 Å². The molecule has 0 atom stereocenters. The lowest BCUT2D eigenvalue weighted by Gasteiger charge is -2.27. The molecule has 0 saturated heterocycles. The number of pyridine rings is 1. The van der Waals surface area contributed by atoms with Crippen molar-refractivity contribution in [2.45, 2.75) is 60.3 Å². The second-order valence-electron chi connectivity index (χ2n) is 10.2. The van der Waals surface area contributed by atoms with Crippen LogP contribution in [0.5, 0.6) is 5.75 Å². The van der Waals surface area contributed by atoms with Gasteiger partial charge in [-0.1, -0.05) is 74.3 Å². The highest BCUT2D eigenvalue weighted by Gasteiger charge is 2.30. The first-order valence-electron chi connectivity index (χ1n) is 10.7. The molecule has 1 heterocycles. The largest absolute Gasteiger partial charge is 0.486 e. The average Bonchev–Trinajstić information content (AvgIpc) is 2.69. The molecule has 0 aliphatic carbocycles.